The van der Waals surface area contributed by atoms with Crippen LogP contribution in [0.5, 0.6) is 5.75 Å². The monoisotopic (exact) mass is 318 g/mol. The zero-order chi connectivity index (χ0) is 16.5. The summed E-state index contributed by atoms with van der Waals surface area (Å²) >= 11 is 0. The molecular formula is C19H18N4O. The van der Waals surface area contributed by atoms with E-state index < -0.39 is 0 Å². The van der Waals surface area contributed by atoms with Crippen molar-refractivity contribution in [2.75, 3.05) is 12.4 Å². The highest BCUT2D eigenvalue weighted by Gasteiger charge is 2.23. The normalized spacial score (nSPS) is 16.1. The fourth-order valence-corrected chi connectivity index (χ4v) is 2.89. The van der Waals surface area contributed by atoms with Gasteiger partial charge in [-0.1, -0.05) is 42.0 Å². The third kappa shape index (κ3) is 2.54. The van der Waals surface area contributed by atoms with Crippen molar-refractivity contribution in [2.24, 2.45) is 0 Å². The highest BCUT2D eigenvalue weighted by molar-refractivity contribution is 5.77. The predicted octanol–water partition coefficient (Wildman–Crippen LogP) is 3.65. The van der Waals surface area contributed by atoms with Crippen LogP contribution < -0.4 is 10.1 Å². The Labute approximate surface area is 140 Å². The third-order valence-electron chi connectivity index (χ3n) is 4.21. The van der Waals surface area contributed by atoms with Gasteiger partial charge in [0, 0.05) is 11.3 Å². The zero-order valence-electron chi connectivity index (χ0n) is 13.6. The van der Waals surface area contributed by atoms with Crippen LogP contribution in [0, 0.1) is 6.92 Å². The lowest BCUT2D eigenvalue weighted by Gasteiger charge is -2.24. The van der Waals surface area contributed by atoms with Gasteiger partial charge < -0.3 is 10.1 Å². The van der Waals surface area contributed by atoms with Gasteiger partial charge in [-0.25, -0.2) is 4.68 Å². The molecule has 5 nitrogen and oxygen atoms in total. The number of ether oxygens (including phenoxy) is 1. The number of anilines is 1. The van der Waals surface area contributed by atoms with Gasteiger partial charge in [-0.05, 0) is 30.7 Å². The van der Waals surface area contributed by atoms with E-state index in [1.807, 2.05) is 22.9 Å². The Morgan fingerprint density at radius 1 is 1.12 bits per heavy atom. The molecule has 1 aromatic heterocycles. The number of aryl methyl sites for hydroxylation is 1. The van der Waals surface area contributed by atoms with Crippen molar-refractivity contribution in [1.82, 2.24) is 14.8 Å². The first-order valence-corrected chi connectivity index (χ1v) is 7.84. The molecule has 5 heteroatoms. The Kier molecular flexibility index (Phi) is 3.54. The second-order valence-electron chi connectivity index (χ2n) is 5.82. The fraction of sp³-hybridized carbons (Fsp3) is 0.158. The second-order valence-corrected chi connectivity index (χ2v) is 5.82. The van der Waals surface area contributed by atoms with Crippen molar-refractivity contribution >= 4 is 11.6 Å². The van der Waals surface area contributed by atoms with Crippen molar-refractivity contribution in [3.05, 3.63) is 77.6 Å². The average Bonchev–Trinajstić information content (AvgIpc) is 3.10. The fourth-order valence-electron chi connectivity index (χ4n) is 2.89. The van der Waals surface area contributed by atoms with E-state index in [2.05, 4.69) is 58.7 Å². The maximum absolute atomic E-state index is 5.34. The molecule has 0 aliphatic carbocycles. The van der Waals surface area contributed by atoms with Crippen molar-refractivity contribution in [1.29, 1.82) is 0 Å². The molecule has 1 aliphatic heterocycles. The van der Waals surface area contributed by atoms with E-state index in [1.165, 1.54) is 11.1 Å². The summed E-state index contributed by atoms with van der Waals surface area (Å²) in [4.78, 5) is 4.34. The van der Waals surface area contributed by atoms with Crippen LogP contribution in [0.25, 0.3) is 5.70 Å². The van der Waals surface area contributed by atoms with E-state index in [0.29, 0.717) is 0 Å². The lowest BCUT2D eigenvalue weighted by atomic mass is 10.0. The molecule has 0 bridgehead atoms. The van der Waals surface area contributed by atoms with Crippen molar-refractivity contribution in [3.63, 3.8) is 0 Å². The van der Waals surface area contributed by atoms with Crippen LogP contribution in [0.4, 0.5) is 5.95 Å². The van der Waals surface area contributed by atoms with Crippen molar-refractivity contribution < 1.29 is 4.74 Å². The molecule has 0 radical (unpaired) electrons. The third-order valence-corrected chi connectivity index (χ3v) is 4.21. The van der Waals surface area contributed by atoms with Crippen LogP contribution in [0.2, 0.25) is 0 Å². The van der Waals surface area contributed by atoms with Gasteiger partial charge in [-0.15, -0.1) is 0 Å². The Morgan fingerprint density at radius 3 is 2.75 bits per heavy atom. The van der Waals surface area contributed by atoms with Gasteiger partial charge in [0.15, 0.2) is 0 Å². The SMILES string of the molecule is COc1cccc(C2=C[C@@H](c3ccc(C)cc3)n3ncnc3N2)c1. The minimum Gasteiger partial charge on any atom is -0.497 e. The second kappa shape index (κ2) is 5.85. The number of methoxy groups -OCH3 is 1. The van der Waals surface area contributed by atoms with Crippen LogP contribution in [0.15, 0.2) is 60.9 Å². The standard InChI is InChI=1S/C19H18N4O/c1-13-6-8-14(9-7-13)18-11-17(22-19-20-12-21-23(18)19)15-4-3-5-16(10-15)24-2/h3-12,18H,1-2H3,(H,20,21,22)/t18-/m0/s1. The molecule has 0 spiro atoms. The molecule has 0 unspecified atom stereocenters. The number of hydrogen-bond donors (Lipinski definition) is 1. The van der Waals surface area contributed by atoms with Crippen molar-refractivity contribution in [3.8, 4) is 5.75 Å². The maximum Gasteiger partial charge on any atom is 0.226 e. The summed E-state index contributed by atoms with van der Waals surface area (Å²) < 4.78 is 7.23. The molecule has 24 heavy (non-hydrogen) atoms. The lowest BCUT2D eigenvalue weighted by molar-refractivity contribution is 0.414. The molecule has 1 N–H and O–H groups in total. The van der Waals surface area contributed by atoms with Crippen LogP contribution in [0.3, 0.4) is 0 Å². The minimum absolute atomic E-state index is 0.00514. The number of nitrogens with one attached hydrogen (secondary N) is 1. The number of nitrogens with zero attached hydrogens (tertiary/aromatic N) is 3. The van der Waals surface area contributed by atoms with Crippen LogP contribution >= 0.6 is 0 Å². The number of rotatable bonds is 3. The summed E-state index contributed by atoms with van der Waals surface area (Å²) in [6, 6.07) is 16.5. The molecule has 0 saturated heterocycles. The quantitative estimate of drug-likeness (QED) is 0.801. The molecule has 1 atom stereocenters. The molecule has 1 aliphatic rings. The number of fused-ring (bicyclic) bond motifs is 1. The van der Waals surface area contributed by atoms with E-state index in [9.17, 15) is 0 Å². The van der Waals surface area contributed by atoms with Gasteiger partial charge in [0.2, 0.25) is 5.95 Å². The molecule has 2 heterocycles. The van der Waals surface area contributed by atoms with E-state index in [1.54, 1.807) is 13.4 Å². The molecule has 0 amide bonds. The minimum atomic E-state index is 0.00514. The smallest absolute Gasteiger partial charge is 0.226 e. The molecule has 4 rings (SSSR count). The number of aromatic nitrogens is 3. The first-order chi connectivity index (χ1) is 11.7. The van der Waals surface area contributed by atoms with Gasteiger partial charge >= 0.3 is 0 Å². The van der Waals surface area contributed by atoms with Crippen LogP contribution in [-0.2, 0) is 0 Å². The summed E-state index contributed by atoms with van der Waals surface area (Å²) in [6.45, 7) is 2.09. The maximum atomic E-state index is 5.34. The number of hydrogen-bond acceptors (Lipinski definition) is 4. The zero-order valence-corrected chi connectivity index (χ0v) is 13.6. The molecular weight excluding hydrogens is 300 g/mol. The first kappa shape index (κ1) is 14.5. The first-order valence-electron chi connectivity index (χ1n) is 7.84. The van der Waals surface area contributed by atoms with Gasteiger partial charge in [0.05, 0.1) is 7.11 Å². The largest absolute Gasteiger partial charge is 0.497 e. The number of allylic oxidation sites excluding steroid dienone is 1. The van der Waals surface area contributed by atoms with Gasteiger partial charge in [0.25, 0.3) is 0 Å². The Hall–Kier alpha value is -3.08. The summed E-state index contributed by atoms with van der Waals surface area (Å²) in [6.07, 6.45) is 3.74. The average molecular weight is 318 g/mol. The van der Waals surface area contributed by atoms with Crippen LogP contribution in [-0.4, -0.2) is 21.9 Å². The van der Waals surface area contributed by atoms with Gasteiger partial charge in [-0.2, -0.15) is 10.1 Å². The Morgan fingerprint density at radius 2 is 1.96 bits per heavy atom. The van der Waals surface area contributed by atoms with Crippen molar-refractivity contribution in [2.45, 2.75) is 13.0 Å². The summed E-state index contributed by atoms with van der Waals surface area (Å²) in [5, 5.41) is 7.72. The predicted molar refractivity (Wildman–Crippen MR) is 93.9 cm³/mol. The van der Waals surface area contributed by atoms with Crippen LogP contribution in [0.1, 0.15) is 22.7 Å². The van der Waals surface area contributed by atoms with Gasteiger partial charge in [-0.3, -0.25) is 0 Å². The van der Waals surface area contributed by atoms with E-state index >= 15 is 0 Å². The lowest BCUT2D eigenvalue weighted by Crippen LogP contribution is -2.20. The van der Waals surface area contributed by atoms with E-state index in [-0.39, 0.29) is 6.04 Å². The summed E-state index contributed by atoms with van der Waals surface area (Å²) in [5.74, 6) is 1.56. The Balaban J connectivity index is 1.79. The molecule has 2 aromatic carbocycles. The highest BCUT2D eigenvalue weighted by atomic mass is 16.5. The summed E-state index contributed by atoms with van der Waals surface area (Å²) in [7, 11) is 1.67. The van der Waals surface area contributed by atoms with E-state index in [0.717, 1.165) is 23.0 Å². The van der Waals surface area contributed by atoms with Gasteiger partial charge in [0.1, 0.15) is 18.1 Å². The topological polar surface area (TPSA) is 52.0 Å². The van der Waals surface area contributed by atoms with E-state index in [4.69, 9.17) is 4.74 Å². The molecule has 0 saturated carbocycles. The molecule has 3 aromatic rings. The highest BCUT2D eigenvalue weighted by Crippen LogP contribution is 2.32. The molecule has 0 fully saturated rings. The molecule has 120 valence electrons. The summed E-state index contributed by atoms with van der Waals surface area (Å²) in [5.41, 5.74) is 4.47. The Bertz CT molecular complexity index is 896. The number of benzene rings is 2.